The van der Waals surface area contributed by atoms with Gasteiger partial charge in [-0.15, -0.1) is 0 Å². The Morgan fingerprint density at radius 2 is 0.971 bits per heavy atom. The average Bonchev–Trinajstić information content (AvgIpc) is 3.24. The van der Waals surface area contributed by atoms with E-state index >= 15 is 0 Å². The summed E-state index contributed by atoms with van der Waals surface area (Å²) >= 11 is 0. The van der Waals surface area contributed by atoms with E-state index in [4.69, 9.17) is 15.0 Å². The molecular weight excluding hydrogens is 428 g/mol. The van der Waals surface area contributed by atoms with Crippen molar-refractivity contribution in [3.63, 3.8) is 0 Å². The van der Waals surface area contributed by atoms with Crippen LogP contribution in [0.15, 0.2) is 103 Å². The van der Waals surface area contributed by atoms with Gasteiger partial charge in [-0.05, 0) is 45.0 Å². The Hall–Kier alpha value is -4.31. The highest BCUT2D eigenvalue weighted by molar-refractivity contribution is 6.09. The number of hydrogen-bond acceptors (Lipinski definition) is 3. The molecule has 6 rings (SSSR count). The van der Waals surface area contributed by atoms with Crippen molar-refractivity contribution in [3.05, 3.63) is 103 Å². The van der Waals surface area contributed by atoms with Crippen molar-refractivity contribution in [2.45, 2.75) is 26.3 Å². The lowest BCUT2D eigenvalue weighted by Gasteiger charge is -2.24. The highest BCUT2D eigenvalue weighted by Gasteiger charge is 2.21. The summed E-state index contributed by atoms with van der Waals surface area (Å²) in [5, 5.41) is 2.44. The van der Waals surface area contributed by atoms with Gasteiger partial charge < -0.3 is 4.57 Å². The fourth-order valence-corrected chi connectivity index (χ4v) is 4.77. The summed E-state index contributed by atoms with van der Waals surface area (Å²) in [6.07, 6.45) is 0. The molecule has 0 fully saturated rings. The first kappa shape index (κ1) is 21.2. The highest BCUT2D eigenvalue weighted by Crippen LogP contribution is 2.36. The Morgan fingerprint density at radius 3 is 1.54 bits per heavy atom. The second-order valence-electron chi connectivity index (χ2n) is 9.79. The van der Waals surface area contributed by atoms with E-state index in [0.29, 0.717) is 17.5 Å². The van der Waals surface area contributed by atoms with E-state index < -0.39 is 0 Å². The van der Waals surface area contributed by atoms with Crippen molar-refractivity contribution < 1.29 is 0 Å². The number of aromatic nitrogens is 4. The molecule has 0 bridgehead atoms. The molecule has 0 atom stereocenters. The van der Waals surface area contributed by atoms with Gasteiger partial charge in [-0.25, -0.2) is 15.0 Å². The van der Waals surface area contributed by atoms with Crippen LogP contribution in [-0.4, -0.2) is 19.5 Å². The Morgan fingerprint density at radius 1 is 0.486 bits per heavy atom. The first-order valence-corrected chi connectivity index (χ1v) is 11.9. The Labute approximate surface area is 205 Å². The van der Waals surface area contributed by atoms with Gasteiger partial charge in [0.25, 0.3) is 0 Å². The molecule has 0 unspecified atom stereocenters. The van der Waals surface area contributed by atoms with Crippen molar-refractivity contribution in [2.75, 3.05) is 0 Å². The Kier molecular flexibility index (Phi) is 4.96. The number of nitrogens with zero attached hydrogens (tertiary/aromatic N) is 4. The first-order valence-electron chi connectivity index (χ1n) is 11.9. The lowest BCUT2D eigenvalue weighted by molar-refractivity contribution is 0.423. The molecule has 0 aliphatic carbocycles. The molecule has 170 valence electrons. The van der Waals surface area contributed by atoms with Crippen LogP contribution in [0.2, 0.25) is 0 Å². The maximum atomic E-state index is 4.91. The van der Waals surface area contributed by atoms with Gasteiger partial charge in [0.15, 0.2) is 17.5 Å². The van der Waals surface area contributed by atoms with Gasteiger partial charge in [0.2, 0.25) is 0 Å². The van der Waals surface area contributed by atoms with E-state index in [9.17, 15) is 0 Å². The van der Waals surface area contributed by atoms with Crippen LogP contribution < -0.4 is 0 Å². The third kappa shape index (κ3) is 3.77. The second kappa shape index (κ2) is 8.17. The van der Waals surface area contributed by atoms with E-state index in [2.05, 4.69) is 67.8 Å². The van der Waals surface area contributed by atoms with Crippen molar-refractivity contribution in [2.24, 2.45) is 0 Å². The molecule has 0 N–H and O–H groups in total. The Bertz CT molecular complexity index is 1600. The molecule has 4 nitrogen and oxygen atoms in total. The quantitative estimate of drug-likeness (QED) is 0.275. The molecule has 0 aliphatic rings. The van der Waals surface area contributed by atoms with Crippen LogP contribution in [0.5, 0.6) is 0 Å². The van der Waals surface area contributed by atoms with Gasteiger partial charge >= 0.3 is 0 Å². The third-order valence-electron chi connectivity index (χ3n) is 6.30. The summed E-state index contributed by atoms with van der Waals surface area (Å²) in [4.78, 5) is 14.6. The zero-order valence-electron chi connectivity index (χ0n) is 20.1. The molecule has 4 aromatic carbocycles. The van der Waals surface area contributed by atoms with Gasteiger partial charge in [0.05, 0.1) is 0 Å². The molecule has 0 amide bonds. The molecular formula is C31H26N4. The highest BCUT2D eigenvalue weighted by atomic mass is 15.1. The molecule has 35 heavy (non-hydrogen) atoms. The first-order chi connectivity index (χ1) is 17.0. The van der Waals surface area contributed by atoms with Crippen LogP contribution in [0.3, 0.4) is 0 Å². The summed E-state index contributed by atoms with van der Waals surface area (Å²) in [6, 6.07) is 35.3. The van der Waals surface area contributed by atoms with E-state index in [-0.39, 0.29) is 5.54 Å². The summed E-state index contributed by atoms with van der Waals surface area (Å²) in [5.74, 6) is 2.02. The van der Waals surface area contributed by atoms with Gasteiger partial charge in [-0.3, -0.25) is 0 Å². The average molecular weight is 455 g/mol. The molecule has 0 saturated heterocycles. The third-order valence-corrected chi connectivity index (χ3v) is 6.30. The number of benzene rings is 4. The van der Waals surface area contributed by atoms with Gasteiger partial charge in [0, 0.05) is 44.0 Å². The predicted octanol–water partition coefficient (Wildman–Crippen LogP) is 7.74. The van der Waals surface area contributed by atoms with Crippen LogP contribution >= 0.6 is 0 Å². The van der Waals surface area contributed by atoms with Crippen LogP contribution in [-0.2, 0) is 5.54 Å². The van der Waals surface area contributed by atoms with Gasteiger partial charge in [-0.1, -0.05) is 78.9 Å². The lowest BCUT2D eigenvalue weighted by atomic mass is 10.1. The SMILES string of the molecule is CC(C)(C)n1c2ccccc2c2cc(-c3nc(-c4ccccc4)nc(-c4ccccc4)n3)ccc21. The van der Waals surface area contributed by atoms with Crippen LogP contribution in [0.25, 0.3) is 56.0 Å². The standard InChI is InChI=1S/C31H26N4/c1-31(2,3)35-26-17-11-10-16-24(26)25-20-23(18-19-27(25)35)30-33-28(21-12-6-4-7-13-21)32-29(34-30)22-14-8-5-9-15-22/h4-20H,1-3H3. The minimum atomic E-state index is -0.0446. The zero-order valence-corrected chi connectivity index (χ0v) is 20.1. The molecule has 2 aromatic heterocycles. The maximum Gasteiger partial charge on any atom is 0.164 e. The molecule has 6 aromatic rings. The number of para-hydroxylation sites is 1. The molecule has 2 heterocycles. The summed E-state index contributed by atoms with van der Waals surface area (Å²) < 4.78 is 2.42. The van der Waals surface area contributed by atoms with Crippen molar-refractivity contribution >= 4 is 21.8 Å². The van der Waals surface area contributed by atoms with Crippen molar-refractivity contribution in [1.29, 1.82) is 0 Å². The minimum absolute atomic E-state index is 0.0446. The smallest absolute Gasteiger partial charge is 0.164 e. The maximum absolute atomic E-state index is 4.91. The van der Waals surface area contributed by atoms with E-state index in [0.717, 1.165) is 16.7 Å². The van der Waals surface area contributed by atoms with Crippen LogP contribution in [0.4, 0.5) is 0 Å². The number of fused-ring (bicyclic) bond motifs is 3. The van der Waals surface area contributed by atoms with Gasteiger partial charge in [0.1, 0.15) is 0 Å². The molecule has 0 radical (unpaired) electrons. The molecule has 0 aliphatic heterocycles. The zero-order chi connectivity index (χ0) is 24.0. The summed E-state index contributed by atoms with van der Waals surface area (Å²) in [7, 11) is 0. The minimum Gasteiger partial charge on any atom is -0.335 e. The van der Waals surface area contributed by atoms with E-state index in [1.54, 1.807) is 0 Å². The predicted molar refractivity (Wildman–Crippen MR) is 144 cm³/mol. The molecule has 0 spiro atoms. The van der Waals surface area contributed by atoms with Crippen LogP contribution in [0.1, 0.15) is 20.8 Å². The second-order valence-corrected chi connectivity index (χ2v) is 9.79. The molecule has 0 saturated carbocycles. The van der Waals surface area contributed by atoms with Gasteiger partial charge in [-0.2, -0.15) is 0 Å². The fourth-order valence-electron chi connectivity index (χ4n) is 4.77. The topological polar surface area (TPSA) is 43.6 Å². The van der Waals surface area contributed by atoms with Crippen molar-refractivity contribution in [1.82, 2.24) is 19.5 Å². The lowest BCUT2D eigenvalue weighted by Crippen LogP contribution is -2.21. The normalized spacial score (nSPS) is 11.9. The molecule has 4 heteroatoms. The largest absolute Gasteiger partial charge is 0.335 e. The summed E-state index contributed by atoms with van der Waals surface area (Å²) in [6.45, 7) is 6.74. The monoisotopic (exact) mass is 454 g/mol. The Balaban J connectivity index is 1.60. The summed E-state index contributed by atoms with van der Waals surface area (Å²) in [5.41, 5.74) is 5.32. The van der Waals surface area contributed by atoms with Crippen LogP contribution in [0, 0.1) is 0 Å². The number of rotatable bonds is 3. The van der Waals surface area contributed by atoms with Crippen molar-refractivity contribution in [3.8, 4) is 34.2 Å². The van der Waals surface area contributed by atoms with E-state index in [1.807, 2.05) is 60.7 Å². The van der Waals surface area contributed by atoms with E-state index in [1.165, 1.54) is 21.8 Å². The fraction of sp³-hybridized carbons (Fsp3) is 0.129. The number of hydrogen-bond donors (Lipinski definition) is 0.